The molecule has 0 spiro atoms. The molecule has 1 aliphatic heterocycles. The van der Waals surface area contributed by atoms with E-state index in [1.54, 1.807) is 40.0 Å². The molecule has 142 valence electrons. The minimum absolute atomic E-state index is 0.0688. The van der Waals surface area contributed by atoms with Gasteiger partial charge in [0.25, 0.3) is 0 Å². The molecular formula is C19H22N4O2S2. The summed E-state index contributed by atoms with van der Waals surface area (Å²) in [6.07, 6.45) is 4.02. The predicted molar refractivity (Wildman–Crippen MR) is 110 cm³/mol. The van der Waals surface area contributed by atoms with Crippen LogP contribution in [0.1, 0.15) is 44.2 Å². The molecular weight excluding hydrogens is 380 g/mol. The highest BCUT2D eigenvalue weighted by atomic mass is 32.1. The highest BCUT2D eigenvalue weighted by Crippen LogP contribution is 2.47. The van der Waals surface area contributed by atoms with E-state index in [0.717, 1.165) is 37.1 Å². The number of anilines is 1. The second-order valence-electron chi connectivity index (χ2n) is 7.65. The first-order valence-electron chi connectivity index (χ1n) is 8.86. The zero-order valence-electron chi connectivity index (χ0n) is 15.8. The zero-order chi connectivity index (χ0) is 19.3. The standard InChI is InChI=1S/C19H22N4O2S2/c1-10-15-11(6-8-23(10)18(24)25-19(2,3)4)14(16(20)27-15)17-22-12-9-21-7-5-13(12)26-17/h5,7,9-10H,6,8,20H2,1-4H3/t10-/m1/s1. The quantitative estimate of drug-likeness (QED) is 0.629. The van der Waals surface area contributed by atoms with Crippen LogP contribution in [-0.2, 0) is 11.2 Å². The van der Waals surface area contributed by atoms with Crippen LogP contribution in [0, 0.1) is 0 Å². The number of aromatic nitrogens is 2. The minimum Gasteiger partial charge on any atom is -0.444 e. The van der Waals surface area contributed by atoms with Gasteiger partial charge in [-0.25, -0.2) is 9.78 Å². The third kappa shape index (κ3) is 3.27. The van der Waals surface area contributed by atoms with Crippen LogP contribution in [0.3, 0.4) is 0 Å². The van der Waals surface area contributed by atoms with Crippen LogP contribution in [-0.4, -0.2) is 33.1 Å². The molecule has 3 aromatic rings. The van der Waals surface area contributed by atoms with Crippen molar-refractivity contribution >= 4 is 44.0 Å². The molecule has 0 bridgehead atoms. The number of thiazole rings is 1. The topological polar surface area (TPSA) is 81.3 Å². The summed E-state index contributed by atoms with van der Waals surface area (Å²) in [5.74, 6) is 0. The molecule has 0 aromatic carbocycles. The Kier molecular flexibility index (Phi) is 4.35. The van der Waals surface area contributed by atoms with E-state index in [1.807, 2.05) is 33.8 Å². The number of amides is 1. The van der Waals surface area contributed by atoms with Crippen LogP contribution < -0.4 is 5.73 Å². The summed E-state index contributed by atoms with van der Waals surface area (Å²) in [7, 11) is 0. The van der Waals surface area contributed by atoms with Gasteiger partial charge >= 0.3 is 6.09 Å². The minimum atomic E-state index is -0.508. The van der Waals surface area contributed by atoms with Crippen molar-refractivity contribution < 1.29 is 9.53 Å². The van der Waals surface area contributed by atoms with Gasteiger partial charge in [-0.1, -0.05) is 0 Å². The number of nitrogens with zero attached hydrogens (tertiary/aromatic N) is 3. The fourth-order valence-corrected chi connectivity index (χ4v) is 5.62. The van der Waals surface area contributed by atoms with Gasteiger partial charge in [0.2, 0.25) is 0 Å². The van der Waals surface area contributed by atoms with Crippen molar-refractivity contribution in [2.75, 3.05) is 12.3 Å². The summed E-state index contributed by atoms with van der Waals surface area (Å²) in [6.45, 7) is 8.29. The second kappa shape index (κ2) is 6.45. The Labute approximate surface area is 166 Å². The van der Waals surface area contributed by atoms with Gasteiger partial charge in [-0.05, 0) is 45.7 Å². The number of hydrogen-bond acceptors (Lipinski definition) is 7. The smallest absolute Gasteiger partial charge is 0.410 e. The summed E-state index contributed by atoms with van der Waals surface area (Å²) in [5, 5.41) is 1.68. The van der Waals surface area contributed by atoms with Crippen LogP contribution in [0.15, 0.2) is 18.5 Å². The lowest BCUT2D eigenvalue weighted by molar-refractivity contribution is 0.0164. The second-order valence-corrected chi connectivity index (χ2v) is 9.76. The lowest BCUT2D eigenvalue weighted by Crippen LogP contribution is -2.41. The number of ether oxygens (including phenoxy) is 1. The van der Waals surface area contributed by atoms with Crippen molar-refractivity contribution in [3.05, 3.63) is 28.9 Å². The monoisotopic (exact) mass is 402 g/mol. The van der Waals surface area contributed by atoms with Gasteiger partial charge in [-0.2, -0.15) is 0 Å². The van der Waals surface area contributed by atoms with Crippen LogP contribution >= 0.6 is 22.7 Å². The molecule has 0 radical (unpaired) electrons. The van der Waals surface area contributed by atoms with Crippen molar-refractivity contribution in [1.82, 2.24) is 14.9 Å². The van der Waals surface area contributed by atoms with E-state index in [2.05, 4.69) is 4.98 Å². The molecule has 1 amide bonds. The molecule has 27 heavy (non-hydrogen) atoms. The van der Waals surface area contributed by atoms with Crippen LogP contribution in [0.25, 0.3) is 20.8 Å². The number of carbonyl (C=O) groups is 1. The highest BCUT2D eigenvalue weighted by molar-refractivity contribution is 7.22. The number of carbonyl (C=O) groups excluding carboxylic acids is 1. The zero-order valence-corrected chi connectivity index (χ0v) is 17.4. The Morgan fingerprint density at radius 1 is 1.37 bits per heavy atom. The molecule has 3 aromatic heterocycles. The number of hydrogen-bond donors (Lipinski definition) is 1. The third-order valence-electron chi connectivity index (χ3n) is 4.55. The maximum Gasteiger partial charge on any atom is 0.410 e. The first kappa shape index (κ1) is 18.2. The summed E-state index contributed by atoms with van der Waals surface area (Å²) in [5.41, 5.74) is 9.00. The first-order valence-corrected chi connectivity index (χ1v) is 10.5. The fourth-order valence-electron chi connectivity index (χ4n) is 3.35. The van der Waals surface area contributed by atoms with Gasteiger partial charge in [0.05, 0.1) is 21.9 Å². The summed E-state index contributed by atoms with van der Waals surface area (Å²) < 4.78 is 6.66. The van der Waals surface area contributed by atoms with E-state index < -0.39 is 5.60 Å². The molecule has 6 nitrogen and oxygen atoms in total. The van der Waals surface area contributed by atoms with Crippen LogP contribution in [0.4, 0.5) is 9.80 Å². The van der Waals surface area contributed by atoms with Gasteiger partial charge in [0.1, 0.15) is 16.1 Å². The highest BCUT2D eigenvalue weighted by Gasteiger charge is 2.35. The van der Waals surface area contributed by atoms with Crippen molar-refractivity contribution in [3.63, 3.8) is 0 Å². The van der Waals surface area contributed by atoms with Crippen LogP contribution in [0.2, 0.25) is 0 Å². The molecule has 0 aliphatic carbocycles. The maximum absolute atomic E-state index is 12.6. The van der Waals surface area contributed by atoms with Gasteiger partial charge < -0.3 is 15.4 Å². The van der Waals surface area contributed by atoms with Crippen molar-refractivity contribution in [1.29, 1.82) is 0 Å². The van der Waals surface area contributed by atoms with Gasteiger partial charge in [-0.3, -0.25) is 4.98 Å². The van der Waals surface area contributed by atoms with E-state index in [0.29, 0.717) is 6.54 Å². The SMILES string of the molecule is C[C@@H]1c2sc(N)c(-c3nc4cnccc4s3)c2CCN1C(=O)OC(C)(C)C. The average Bonchev–Trinajstić information content (AvgIpc) is 3.13. The van der Waals surface area contributed by atoms with E-state index in [1.165, 1.54) is 5.56 Å². The molecule has 0 unspecified atom stereocenters. The lowest BCUT2D eigenvalue weighted by atomic mass is 9.99. The first-order chi connectivity index (χ1) is 12.7. The van der Waals surface area contributed by atoms with Crippen molar-refractivity contribution in [3.8, 4) is 10.6 Å². The van der Waals surface area contributed by atoms with E-state index in [9.17, 15) is 4.79 Å². The van der Waals surface area contributed by atoms with E-state index in [4.69, 9.17) is 15.5 Å². The predicted octanol–water partition coefficient (Wildman–Crippen LogP) is 4.86. The lowest BCUT2D eigenvalue weighted by Gasteiger charge is -2.35. The molecule has 0 fully saturated rings. The fraction of sp³-hybridized carbons (Fsp3) is 0.421. The Bertz CT molecular complexity index is 986. The number of nitrogens with two attached hydrogens (primary N) is 1. The Morgan fingerprint density at radius 2 is 2.15 bits per heavy atom. The number of fused-ring (bicyclic) bond motifs is 2. The summed E-state index contributed by atoms with van der Waals surface area (Å²) in [6, 6.07) is 1.90. The van der Waals surface area contributed by atoms with Crippen molar-refractivity contribution in [2.45, 2.75) is 45.8 Å². The average molecular weight is 403 g/mol. The third-order valence-corrected chi connectivity index (χ3v) is 6.83. The Hall–Kier alpha value is -2.19. The number of thiophene rings is 1. The number of pyridine rings is 1. The molecule has 1 atom stereocenters. The Morgan fingerprint density at radius 3 is 2.85 bits per heavy atom. The Balaban J connectivity index is 1.70. The van der Waals surface area contributed by atoms with E-state index >= 15 is 0 Å². The summed E-state index contributed by atoms with van der Waals surface area (Å²) >= 11 is 3.18. The van der Waals surface area contributed by atoms with E-state index in [-0.39, 0.29) is 12.1 Å². The summed E-state index contributed by atoms with van der Waals surface area (Å²) in [4.78, 5) is 24.4. The van der Waals surface area contributed by atoms with Crippen molar-refractivity contribution in [2.24, 2.45) is 0 Å². The normalized spacial score (nSPS) is 17.2. The number of nitrogen functional groups attached to an aromatic ring is 1. The molecule has 2 N–H and O–H groups in total. The number of rotatable bonds is 1. The molecule has 4 heterocycles. The molecule has 8 heteroatoms. The molecule has 1 aliphatic rings. The van der Waals surface area contributed by atoms with Crippen LogP contribution in [0.5, 0.6) is 0 Å². The molecule has 0 saturated carbocycles. The maximum atomic E-state index is 12.6. The largest absolute Gasteiger partial charge is 0.444 e. The van der Waals surface area contributed by atoms with Gasteiger partial charge in [0.15, 0.2) is 0 Å². The van der Waals surface area contributed by atoms with Gasteiger partial charge in [0, 0.05) is 23.2 Å². The van der Waals surface area contributed by atoms with Gasteiger partial charge in [-0.15, -0.1) is 22.7 Å². The molecule has 0 saturated heterocycles. The molecule has 4 rings (SSSR count).